The van der Waals surface area contributed by atoms with E-state index in [2.05, 4.69) is 28.2 Å². The number of aliphatic hydroxyl groups excluding tert-OH is 2. The molecule has 8 heteroatoms. The minimum absolute atomic E-state index is 0.0274. The molecule has 0 bridgehead atoms. The number of carbonyl (C=O) groups is 1. The molecule has 5 rings (SSSR count). The van der Waals surface area contributed by atoms with Crippen molar-refractivity contribution in [2.45, 2.75) is 50.5 Å². The zero-order valence-electron chi connectivity index (χ0n) is 17.5. The predicted molar refractivity (Wildman–Crippen MR) is 116 cm³/mol. The lowest BCUT2D eigenvalue weighted by molar-refractivity contribution is -0.130. The van der Waals surface area contributed by atoms with Crippen molar-refractivity contribution in [3.05, 3.63) is 53.5 Å². The van der Waals surface area contributed by atoms with Gasteiger partial charge in [-0.25, -0.2) is 9.97 Å². The number of carbonyl (C=O) groups excluding carboxylic acids is 1. The van der Waals surface area contributed by atoms with Crippen LogP contribution in [0.25, 0.3) is 11.0 Å². The molecular weight excluding hydrogens is 394 g/mol. The van der Waals surface area contributed by atoms with Crippen molar-refractivity contribution >= 4 is 22.8 Å². The number of benzene rings is 1. The first-order valence-corrected chi connectivity index (χ1v) is 10.7. The number of hydrogen-bond acceptors (Lipinski definition) is 6. The second-order valence-corrected chi connectivity index (χ2v) is 8.83. The first-order valence-electron chi connectivity index (χ1n) is 10.7. The lowest BCUT2D eigenvalue weighted by Crippen LogP contribution is -2.32. The molecule has 0 saturated heterocycles. The Balaban J connectivity index is 1.30. The van der Waals surface area contributed by atoms with Crippen molar-refractivity contribution in [1.29, 1.82) is 0 Å². The quantitative estimate of drug-likeness (QED) is 0.587. The Kier molecular flexibility index (Phi) is 4.91. The first kappa shape index (κ1) is 20.0. The molecule has 0 radical (unpaired) electrons. The Bertz CT molecular complexity index is 1140. The van der Waals surface area contributed by atoms with Crippen LogP contribution in [0.15, 0.2) is 36.8 Å². The average molecular weight is 422 g/mol. The summed E-state index contributed by atoms with van der Waals surface area (Å²) in [6, 6.07) is 7.92. The number of nitrogen functional groups attached to an aromatic ring is 1. The van der Waals surface area contributed by atoms with Gasteiger partial charge in [-0.05, 0) is 47.9 Å². The SMILES string of the molecule is CN1Cc2ccc(CC[C@H]3C[C@@H](n4ccc5c(N)ncnc54)[C@H](O)[C@@H]3O)cc2CC1=O. The van der Waals surface area contributed by atoms with E-state index in [1.54, 1.807) is 4.90 Å². The van der Waals surface area contributed by atoms with Gasteiger partial charge >= 0.3 is 0 Å². The Hall–Kier alpha value is -2.97. The number of aliphatic hydroxyl groups is 2. The molecule has 2 aliphatic rings. The fraction of sp³-hybridized carbons (Fsp3) is 0.435. The summed E-state index contributed by atoms with van der Waals surface area (Å²) in [5.74, 6) is 0.524. The first-order chi connectivity index (χ1) is 14.9. The van der Waals surface area contributed by atoms with Crippen molar-refractivity contribution < 1.29 is 15.0 Å². The van der Waals surface area contributed by atoms with Gasteiger partial charge in [0.15, 0.2) is 0 Å². The molecule has 162 valence electrons. The van der Waals surface area contributed by atoms with Gasteiger partial charge in [0.1, 0.15) is 23.9 Å². The molecule has 1 aliphatic heterocycles. The van der Waals surface area contributed by atoms with Crippen LogP contribution in [-0.2, 0) is 24.2 Å². The van der Waals surface area contributed by atoms with E-state index in [1.807, 2.05) is 23.9 Å². The molecule has 1 aliphatic carbocycles. The molecule has 31 heavy (non-hydrogen) atoms. The number of hydrogen-bond donors (Lipinski definition) is 3. The number of rotatable bonds is 4. The van der Waals surface area contributed by atoms with Crippen LogP contribution >= 0.6 is 0 Å². The number of aryl methyl sites for hydroxylation is 1. The smallest absolute Gasteiger partial charge is 0.227 e. The molecule has 1 saturated carbocycles. The Morgan fingerprint density at radius 3 is 2.84 bits per heavy atom. The fourth-order valence-electron chi connectivity index (χ4n) is 5.07. The predicted octanol–water partition coefficient (Wildman–Crippen LogP) is 1.44. The van der Waals surface area contributed by atoms with Crippen molar-refractivity contribution in [3.8, 4) is 0 Å². The summed E-state index contributed by atoms with van der Waals surface area (Å²) >= 11 is 0. The molecule has 1 fully saturated rings. The third-order valence-corrected chi connectivity index (χ3v) is 6.92. The summed E-state index contributed by atoms with van der Waals surface area (Å²) in [5.41, 5.74) is 10.1. The fourth-order valence-corrected chi connectivity index (χ4v) is 5.07. The number of likely N-dealkylation sites (N-methyl/N-ethyl adjacent to an activating group) is 1. The molecule has 1 aromatic carbocycles. The second kappa shape index (κ2) is 7.62. The van der Waals surface area contributed by atoms with Crippen molar-refractivity contribution in [2.75, 3.05) is 12.8 Å². The molecule has 8 nitrogen and oxygen atoms in total. The molecule has 4 N–H and O–H groups in total. The number of nitrogens with zero attached hydrogens (tertiary/aromatic N) is 4. The zero-order valence-corrected chi connectivity index (χ0v) is 17.5. The maximum atomic E-state index is 12.0. The van der Waals surface area contributed by atoms with E-state index in [0.717, 1.165) is 29.4 Å². The molecule has 2 aromatic heterocycles. The highest BCUT2D eigenvalue weighted by atomic mass is 16.3. The van der Waals surface area contributed by atoms with Gasteiger partial charge in [0.05, 0.1) is 24.0 Å². The van der Waals surface area contributed by atoms with Gasteiger partial charge < -0.3 is 25.4 Å². The topological polar surface area (TPSA) is 118 Å². The van der Waals surface area contributed by atoms with Crippen LogP contribution in [0.2, 0.25) is 0 Å². The molecule has 0 unspecified atom stereocenters. The third-order valence-electron chi connectivity index (χ3n) is 6.92. The maximum absolute atomic E-state index is 12.0. The number of aromatic nitrogens is 3. The van der Waals surface area contributed by atoms with Crippen molar-refractivity contribution in [3.63, 3.8) is 0 Å². The maximum Gasteiger partial charge on any atom is 0.227 e. The highest BCUT2D eigenvalue weighted by molar-refractivity contribution is 5.86. The summed E-state index contributed by atoms with van der Waals surface area (Å²) in [6.45, 7) is 0.655. The summed E-state index contributed by atoms with van der Waals surface area (Å²) in [6.07, 6.45) is 4.27. The number of amides is 1. The van der Waals surface area contributed by atoms with Crippen LogP contribution in [0.1, 0.15) is 35.6 Å². The van der Waals surface area contributed by atoms with Gasteiger partial charge in [0, 0.05) is 19.8 Å². The van der Waals surface area contributed by atoms with Gasteiger partial charge in [-0.1, -0.05) is 18.2 Å². The lowest BCUT2D eigenvalue weighted by atomic mass is 9.92. The third kappa shape index (κ3) is 3.45. The van der Waals surface area contributed by atoms with Gasteiger partial charge in [-0.3, -0.25) is 4.79 Å². The number of fused-ring (bicyclic) bond motifs is 2. The normalized spacial score (nSPS) is 25.9. The van der Waals surface area contributed by atoms with Crippen molar-refractivity contribution in [1.82, 2.24) is 19.4 Å². The van der Waals surface area contributed by atoms with E-state index in [1.165, 1.54) is 11.9 Å². The van der Waals surface area contributed by atoms with Crippen LogP contribution in [-0.4, -0.2) is 54.8 Å². The van der Waals surface area contributed by atoms with E-state index < -0.39 is 12.2 Å². The summed E-state index contributed by atoms with van der Waals surface area (Å²) in [4.78, 5) is 22.1. The van der Waals surface area contributed by atoms with Crippen LogP contribution in [0, 0.1) is 5.92 Å². The molecule has 3 heterocycles. The highest BCUT2D eigenvalue weighted by Gasteiger charge is 2.42. The minimum atomic E-state index is -0.867. The number of anilines is 1. The molecule has 0 spiro atoms. The van der Waals surface area contributed by atoms with E-state index >= 15 is 0 Å². The van der Waals surface area contributed by atoms with E-state index in [9.17, 15) is 15.0 Å². The average Bonchev–Trinajstić information content (AvgIpc) is 3.30. The van der Waals surface area contributed by atoms with Crippen molar-refractivity contribution in [2.24, 2.45) is 5.92 Å². The highest BCUT2D eigenvalue weighted by Crippen LogP contribution is 2.39. The summed E-state index contributed by atoms with van der Waals surface area (Å²) in [5, 5.41) is 22.2. The number of nitrogens with two attached hydrogens (primary N) is 1. The van der Waals surface area contributed by atoms with Crippen LogP contribution in [0.3, 0.4) is 0 Å². The van der Waals surface area contributed by atoms with Gasteiger partial charge in [-0.15, -0.1) is 0 Å². The standard InChI is InChI=1S/C23H27N5O3/c1-27-11-15-5-3-13(8-16(15)10-19(27)29)2-4-14-9-18(21(31)20(14)30)28-7-6-17-22(24)25-12-26-23(17)28/h3,5-8,12,14,18,20-21,30-31H,2,4,9-11H2,1H3,(H2,24,25,26)/t14-,18+,20+,21-/m0/s1. The van der Waals surface area contributed by atoms with Crippen LogP contribution in [0.4, 0.5) is 5.82 Å². The van der Waals surface area contributed by atoms with Gasteiger partial charge in [-0.2, -0.15) is 0 Å². The largest absolute Gasteiger partial charge is 0.390 e. The molecule has 1 amide bonds. The van der Waals surface area contributed by atoms with E-state index in [0.29, 0.717) is 30.9 Å². The minimum Gasteiger partial charge on any atom is -0.390 e. The summed E-state index contributed by atoms with van der Waals surface area (Å²) < 4.78 is 1.91. The zero-order chi connectivity index (χ0) is 21.7. The van der Waals surface area contributed by atoms with E-state index in [-0.39, 0.29) is 17.9 Å². The Labute approximate surface area is 180 Å². The Morgan fingerprint density at radius 2 is 2.00 bits per heavy atom. The molecule has 4 atom stereocenters. The summed E-state index contributed by atoms with van der Waals surface area (Å²) in [7, 11) is 1.83. The second-order valence-electron chi connectivity index (χ2n) is 8.83. The monoisotopic (exact) mass is 421 g/mol. The van der Waals surface area contributed by atoms with Gasteiger partial charge in [0.2, 0.25) is 5.91 Å². The molecular formula is C23H27N5O3. The molecule has 3 aromatic rings. The van der Waals surface area contributed by atoms with E-state index in [4.69, 9.17) is 5.73 Å². The van der Waals surface area contributed by atoms with Crippen LogP contribution in [0.5, 0.6) is 0 Å². The lowest BCUT2D eigenvalue weighted by Gasteiger charge is -2.25. The van der Waals surface area contributed by atoms with Gasteiger partial charge in [0.25, 0.3) is 0 Å². The Morgan fingerprint density at radius 1 is 1.16 bits per heavy atom. The van der Waals surface area contributed by atoms with Crippen LogP contribution < -0.4 is 5.73 Å².